The van der Waals surface area contributed by atoms with Gasteiger partial charge < -0.3 is 10.2 Å². The highest BCUT2D eigenvalue weighted by Crippen LogP contribution is 2.29. The lowest BCUT2D eigenvalue weighted by molar-refractivity contribution is -0.116. The average Bonchev–Trinajstić information content (AvgIpc) is 3.09. The molecule has 26 heavy (non-hydrogen) atoms. The lowest BCUT2D eigenvalue weighted by atomic mass is 9.96. The average molecular weight is 391 g/mol. The lowest BCUT2D eigenvalue weighted by Gasteiger charge is -2.26. The van der Waals surface area contributed by atoms with Gasteiger partial charge in [0.15, 0.2) is 4.34 Å². The van der Waals surface area contributed by atoms with Crippen molar-refractivity contribution in [3.05, 3.63) is 30.3 Å². The van der Waals surface area contributed by atoms with Crippen LogP contribution in [0.2, 0.25) is 0 Å². The minimum atomic E-state index is 0.0909. The lowest BCUT2D eigenvalue weighted by Crippen LogP contribution is -2.38. The van der Waals surface area contributed by atoms with Crippen LogP contribution in [0, 0.1) is 0 Å². The minimum absolute atomic E-state index is 0.0909. The summed E-state index contributed by atoms with van der Waals surface area (Å²) in [4.78, 5) is 14.6. The predicted octanol–water partition coefficient (Wildman–Crippen LogP) is 4.82. The number of rotatable bonds is 7. The first-order chi connectivity index (χ1) is 12.6. The Hall–Kier alpha value is -1.60. The summed E-state index contributed by atoms with van der Waals surface area (Å²) in [6, 6.07) is 10.5. The van der Waals surface area contributed by atoms with Crippen molar-refractivity contribution in [2.75, 3.05) is 16.0 Å². The zero-order valence-electron chi connectivity index (χ0n) is 15.4. The standard InChI is InChI=1S/C19H26N4OS2/c1-14(2)23(16-11-7-4-8-12-16)17(24)13-25-19-22-21-18(26-19)20-15-9-5-3-6-10-15/h4,7-8,11-12,14-15H,3,5-6,9-10,13H2,1-2H3,(H,20,21). The van der Waals surface area contributed by atoms with E-state index < -0.39 is 0 Å². The summed E-state index contributed by atoms with van der Waals surface area (Å²) in [5, 5.41) is 12.8. The van der Waals surface area contributed by atoms with Gasteiger partial charge >= 0.3 is 0 Å². The van der Waals surface area contributed by atoms with Crippen molar-refractivity contribution in [2.24, 2.45) is 0 Å². The van der Waals surface area contributed by atoms with Gasteiger partial charge in [-0.1, -0.05) is 60.6 Å². The van der Waals surface area contributed by atoms with E-state index in [9.17, 15) is 4.79 Å². The molecule has 2 aromatic rings. The van der Waals surface area contributed by atoms with Crippen LogP contribution in [-0.2, 0) is 4.79 Å². The Morgan fingerprint density at radius 3 is 2.65 bits per heavy atom. The smallest absolute Gasteiger partial charge is 0.237 e. The molecule has 1 saturated carbocycles. The third-order valence-electron chi connectivity index (χ3n) is 4.48. The van der Waals surface area contributed by atoms with Crippen LogP contribution in [0.3, 0.4) is 0 Å². The van der Waals surface area contributed by atoms with Crippen molar-refractivity contribution in [1.29, 1.82) is 0 Å². The molecule has 1 fully saturated rings. The van der Waals surface area contributed by atoms with Crippen LogP contribution in [0.15, 0.2) is 34.7 Å². The van der Waals surface area contributed by atoms with Crippen LogP contribution < -0.4 is 10.2 Å². The molecule has 1 aliphatic rings. The molecule has 140 valence electrons. The molecule has 1 heterocycles. The largest absolute Gasteiger partial charge is 0.357 e. The molecule has 1 aromatic heterocycles. The van der Waals surface area contributed by atoms with E-state index in [0.717, 1.165) is 15.2 Å². The number of anilines is 2. The third-order valence-corrected chi connectivity index (χ3v) is 6.45. The fraction of sp³-hybridized carbons (Fsp3) is 0.526. The Morgan fingerprint density at radius 1 is 1.23 bits per heavy atom. The summed E-state index contributed by atoms with van der Waals surface area (Å²) in [6.45, 7) is 4.07. The highest BCUT2D eigenvalue weighted by molar-refractivity contribution is 8.01. The predicted molar refractivity (Wildman–Crippen MR) is 110 cm³/mol. The summed E-state index contributed by atoms with van der Waals surface area (Å²) in [5.41, 5.74) is 0.935. The maximum Gasteiger partial charge on any atom is 0.237 e. The number of para-hydroxylation sites is 1. The molecule has 5 nitrogen and oxygen atoms in total. The molecule has 3 rings (SSSR count). The maximum atomic E-state index is 12.7. The van der Waals surface area contributed by atoms with Gasteiger partial charge in [0.25, 0.3) is 0 Å². The second-order valence-corrected chi connectivity index (χ2v) is 9.03. The van der Waals surface area contributed by atoms with Crippen LogP contribution in [0.5, 0.6) is 0 Å². The normalized spacial score (nSPS) is 15.2. The first-order valence-electron chi connectivity index (χ1n) is 9.23. The second kappa shape index (κ2) is 9.37. The fourth-order valence-corrected chi connectivity index (χ4v) is 4.95. The molecule has 1 aromatic carbocycles. The van der Waals surface area contributed by atoms with Gasteiger partial charge in [-0.05, 0) is 38.8 Å². The maximum absolute atomic E-state index is 12.7. The number of carbonyl (C=O) groups is 1. The number of aromatic nitrogens is 2. The first kappa shape index (κ1) is 19.2. The van der Waals surface area contributed by atoms with Crippen molar-refractivity contribution in [2.45, 2.75) is 62.4 Å². The Balaban J connectivity index is 1.55. The number of hydrogen-bond donors (Lipinski definition) is 1. The molecule has 0 atom stereocenters. The van der Waals surface area contributed by atoms with Gasteiger partial charge in [-0.3, -0.25) is 4.79 Å². The van der Waals surface area contributed by atoms with E-state index in [1.807, 2.05) is 49.1 Å². The van der Waals surface area contributed by atoms with Gasteiger partial charge in [0.05, 0.1) is 5.75 Å². The number of thioether (sulfide) groups is 1. The Labute approximate surface area is 163 Å². The Kier molecular flexibility index (Phi) is 6.91. The molecule has 0 unspecified atom stereocenters. The van der Waals surface area contributed by atoms with E-state index in [0.29, 0.717) is 11.8 Å². The number of nitrogens with one attached hydrogen (secondary N) is 1. The first-order valence-corrected chi connectivity index (χ1v) is 11.0. The van der Waals surface area contributed by atoms with E-state index in [4.69, 9.17) is 0 Å². The van der Waals surface area contributed by atoms with Crippen LogP contribution in [0.4, 0.5) is 10.8 Å². The molecule has 0 spiro atoms. The topological polar surface area (TPSA) is 58.1 Å². The molecular weight excluding hydrogens is 364 g/mol. The number of amides is 1. The molecule has 0 bridgehead atoms. The van der Waals surface area contributed by atoms with Crippen molar-refractivity contribution < 1.29 is 4.79 Å². The van der Waals surface area contributed by atoms with E-state index in [1.165, 1.54) is 43.9 Å². The summed E-state index contributed by atoms with van der Waals surface area (Å²) in [6.07, 6.45) is 6.33. The van der Waals surface area contributed by atoms with E-state index in [-0.39, 0.29) is 11.9 Å². The van der Waals surface area contributed by atoms with Gasteiger partial charge in [0.2, 0.25) is 11.0 Å². The Morgan fingerprint density at radius 2 is 1.96 bits per heavy atom. The molecular formula is C19H26N4OS2. The summed E-state index contributed by atoms with van der Waals surface area (Å²) in [5.74, 6) is 0.457. The molecule has 0 radical (unpaired) electrons. The van der Waals surface area contributed by atoms with Gasteiger partial charge in [-0.25, -0.2) is 0 Å². The van der Waals surface area contributed by atoms with Gasteiger partial charge in [0, 0.05) is 17.8 Å². The molecule has 1 amide bonds. The highest BCUT2D eigenvalue weighted by Gasteiger charge is 2.20. The number of carbonyl (C=O) groups excluding carboxylic acids is 1. The third kappa shape index (κ3) is 5.20. The SMILES string of the molecule is CC(C)N(C(=O)CSc1nnc(NC2CCCCC2)s1)c1ccccc1. The molecule has 0 saturated heterocycles. The number of benzene rings is 1. The summed E-state index contributed by atoms with van der Waals surface area (Å²) in [7, 11) is 0. The highest BCUT2D eigenvalue weighted by atomic mass is 32.2. The summed E-state index contributed by atoms with van der Waals surface area (Å²) >= 11 is 3.01. The van der Waals surface area contributed by atoms with E-state index in [2.05, 4.69) is 15.5 Å². The van der Waals surface area contributed by atoms with Crippen LogP contribution in [0.25, 0.3) is 0 Å². The van der Waals surface area contributed by atoms with Crippen LogP contribution in [0.1, 0.15) is 46.0 Å². The van der Waals surface area contributed by atoms with Gasteiger partial charge in [-0.15, -0.1) is 10.2 Å². The second-order valence-electron chi connectivity index (χ2n) is 6.83. The van der Waals surface area contributed by atoms with E-state index >= 15 is 0 Å². The van der Waals surface area contributed by atoms with Crippen LogP contribution in [-0.4, -0.2) is 33.9 Å². The van der Waals surface area contributed by atoms with Crippen molar-refractivity contribution in [3.63, 3.8) is 0 Å². The van der Waals surface area contributed by atoms with Crippen molar-refractivity contribution >= 4 is 39.8 Å². The van der Waals surface area contributed by atoms with Crippen molar-refractivity contribution in [3.8, 4) is 0 Å². The van der Waals surface area contributed by atoms with E-state index in [1.54, 1.807) is 11.3 Å². The van der Waals surface area contributed by atoms with Gasteiger partial charge in [0.1, 0.15) is 0 Å². The number of nitrogens with zero attached hydrogens (tertiary/aromatic N) is 3. The van der Waals surface area contributed by atoms with Crippen molar-refractivity contribution in [1.82, 2.24) is 10.2 Å². The quantitative estimate of drug-likeness (QED) is 0.687. The van der Waals surface area contributed by atoms with Crippen LogP contribution >= 0.6 is 23.1 Å². The zero-order valence-corrected chi connectivity index (χ0v) is 17.0. The fourth-order valence-electron chi connectivity index (χ4n) is 3.26. The molecule has 7 heteroatoms. The number of hydrogen-bond acceptors (Lipinski definition) is 6. The monoisotopic (exact) mass is 390 g/mol. The Bertz CT molecular complexity index is 699. The zero-order chi connectivity index (χ0) is 18.4. The van der Waals surface area contributed by atoms with Gasteiger partial charge in [-0.2, -0.15) is 0 Å². The summed E-state index contributed by atoms with van der Waals surface area (Å²) < 4.78 is 0.841. The molecule has 0 aliphatic heterocycles. The minimum Gasteiger partial charge on any atom is -0.357 e. The molecule has 1 aliphatic carbocycles. The molecule has 1 N–H and O–H groups in total.